The first-order valence-electron chi connectivity index (χ1n) is 13.8. The Labute approximate surface area is 246 Å². The number of methoxy groups -OCH3 is 4. The van der Waals surface area contributed by atoms with Crippen LogP contribution in [0.15, 0.2) is 83.2 Å². The number of ether oxygens (including phenoxy) is 4. The second-order valence-corrected chi connectivity index (χ2v) is 10.6. The van der Waals surface area contributed by atoms with Gasteiger partial charge in [-0.2, -0.15) is 0 Å². The molecule has 1 amide bonds. The molecule has 3 aromatic rings. The lowest BCUT2D eigenvalue weighted by Gasteiger charge is -2.37. The molecule has 3 aromatic carbocycles. The Morgan fingerprint density at radius 1 is 0.762 bits per heavy atom. The summed E-state index contributed by atoms with van der Waals surface area (Å²) in [7, 11) is 6.34. The maximum absolute atomic E-state index is 14.1. The molecule has 2 atom stereocenters. The van der Waals surface area contributed by atoms with Crippen molar-refractivity contribution in [2.75, 3.05) is 33.8 Å². The van der Waals surface area contributed by atoms with Gasteiger partial charge in [0.25, 0.3) is 5.91 Å². The van der Waals surface area contributed by atoms with Crippen LogP contribution in [0, 0.1) is 6.92 Å². The number of hydrogen-bond acceptors (Lipinski definition) is 7. The van der Waals surface area contributed by atoms with E-state index in [1.165, 1.54) is 0 Å². The van der Waals surface area contributed by atoms with Crippen molar-refractivity contribution in [1.29, 1.82) is 0 Å². The summed E-state index contributed by atoms with van der Waals surface area (Å²) >= 11 is 0. The zero-order valence-corrected chi connectivity index (χ0v) is 24.8. The van der Waals surface area contributed by atoms with Crippen LogP contribution in [0.25, 0.3) is 0 Å². The zero-order chi connectivity index (χ0) is 30.0. The molecule has 1 heterocycles. The van der Waals surface area contributed by atoms with Gasteiger partial charge in [-0.3, -0.25) is 9.59 Å². The monoisotopic (exact) mass is 568 g/mol. The summed E-state index contributed by atoms with van der Waals surface area (Å²) in [6.45, 7) is 3.88. The molecule has 0 bridgehead atoms. The molecular weight excluding hydrogens is 532 g/mol. The summed E-state index contributed by atoms with van der Waals surface area (Å²) in [6.07, 6.45) is 0.899. The number of anilines is 1. The highest BCUT2D eigenvalue weighted by atomic mass is 16.5. The minimum absolute atomic E-state index is 0.0172. The molecule has 5 rings (SSSR count). The van der Waals surface area contributed by atoms with Crippen molar-refractivity contribution >= 4 is 17.4 Å². The van der Waals surface area contributed by atoms with Gasteiger partial charge in [0.1, 0.15) is 0 Å². The third kappa shape index (κ3) is 5.44. The number of benzene rings is 3. The van der Waals surface area contributed by atoms with Crippen LogP contribution < -0.4 is 29.6 Å². The highest BCUT2D eigenvalue weighted by Crippen LogP contribution is 2.47. The molecule has 1 aliphatic carbocycles. The second kappa shape index (κ2) is 12.0. The van der Waals surface area contributed by atoms with Gasteiger partial charge in [-0.25, -0.2) is 0 Å². The van der Waals surface area contributed by atoms with E-state index in [-0.39, 0.29) is 17.6 Å². The molecular formula is C34H36N2O6. The first-order valence-corrected chi connectivity index (χ1v) is 13.8. The fourth-order valence-electron chi connectivity index (χ4n) is 5.88. The lowest BCUT2D eigenvalue weighted by molar-refractivity contribution is -0.116. The van der Waals surface area contributed by atoms with E-state index in [1.54, 1.807) is 34.5 Å². The van der Waals surface area contributed by atoms with Gasteiger partial charge >= 0.3 is 0 Å². The van der Waals surface area contributed by atoms with Gasteiger partial charge in [-0.05, 0) is 73.7 Å². The highest BCUT2D eigenvalue weighted by Gasteiger charge is 2.41. The molecule has 1 aliphatic heterocycles. The van der Waals surface area contributed by atoms with E-state index >= 15 is 0 Å². The Bertz CT molecular complexity index is 1590. The Morgan fingerprint density at radius 3 is 1.93 bits per heavy atom. The first-order chi connectivity index (χ1) is 20.3. The minimum atomic E-state index is -0.592. The zero-order valence-electron chi connectivity index (χ0n) is 24.8. The predicted octanol–water partition coefficient (Wildman–Crippen LogP) is 6.03. The lowest BCUT2D eigenvalue weighted by atomic mass is 9.71. The number of Topliss-reactive ketones (excluding diaryl/α,β-unsaturated/α-hetero) is 1. The maximum atomic E-state index is 14.1. The van der Waals surface area contributed by atoms with E-state index in [4.69, 9.17) is 18.9 Å². The molecule has 2 N–H and O–H groups in total. The van der Waals surface area contributed by atoms with Gasteiger partial charge in [0.05, 0.1) is 28.4 Å². The average Bonchev–Trinajstić information content (AvgIpc) is 3.00. The van der Waals surface area contributed by atoms with Crippen LogP contribution in [0.5, 0.6) is 23.0 Å². The molecule has 0 saturated heterocycles. The van der Waals surface area contributed by atoms with Gasteiger partial charge in [0.15, 0.2) is 28.8 Å². The largest absolute Gasteiger partial charge is 0.493 e. The van der Waals surface area contributed by atoms with Crippen LogP contribution in [-0.2, 0) is 9.59 Å². The van der Waals surface area contributed by atoms with E-state index in [2.05, 4.69) is 10.6 Å². The number of hydrogen-bond donors (Lipinski definition) is 2. The van der Waals surface area contributed by atoms with Crippen LogP contribution in [0.2, 0.25) is 0 Å². The van der Waals surface area contributed by atoms with Crippen LogP contribution in [-0.4, -0.2) is 40.1 Å². The molecule has 0 saturated carbocycles. The van der Waals surface area contributed by atoms with Crippen molar-refractivity contribution in [3.8, 4) is 23.0 Å². The Morgan fingerprint density at radius 2 is 1.33 bits per heavy atom. The van der Waals surface area contributed by atoms with Crippen LogP contribution in [0.1, 0.15) is 48.3 Å². The number of dihydropyridines is 1. The van der Waals surface area contributed by atoms with E-state index in [9.17, 15) is 9.59 Å². The van der Waals surface area contributed by atoms with Crippen molar-refractivity contribution in [2.24, 2.45) is 0 Å². The summed E-state index contributed by atoms with van der Waals surface area (Å²) in [5, 5.41) is 6.48. The first kappa shape index (κ1) is 28.8. The van der Waals surface area contributed by atoms with E-state index in [1.807, 2.05) is 68.4 Å². The van der Waals surface area contributed by atoms with Crippen LogP contribution in [0.4, 0.5) is 5.69 Å². The molecule has 2 aliphatic rings. The molecule has 42 heavy (non-hydrogen) atoms. The second-order valence-electron chi connectivity index (χ2n) is 10.6. The van der Waals surface area contributed by atoms with Gasteiger partial charge in [0, 0.05) is 40.6 Å². The van der Waals surface area contributed by atoms with E-state index in [0.717, 1.165) is 22.4 Å². The van der Waals surface area contributed by atoms with E-state index in [0.29, 0.717) is 58.4 Å². The number of aryl methyl sites for hydroxylation is 1. The van der Waals surface area contributed by atoms with Crippen LogP contribution >= 0.6 is 0 Å². The quantitative estimate of drug-likeness (QED) is 0.343. The van der Waals surface area contributed by atoms with Gasteiger partial charge in [0.2, 0.25) is 0 Å². The molecule has 8 nitrogen and oxygen atoms in total. The smallest absolute Gasteiger partial charge is 0.254 e. The van der Waals surface area contributed by atoms with Crippen molar-refractivity contribution in [3.63, 3.8) is 0 Å². The van der Waals surface area contributed by atoms with Crippen molar-refractivity contribution < 1.29 is 28.5 Å². The van der Waals surface area contributed by atoms with Crippen molar-refractivity contribution in [2.45, 2.75) is 38.5 Å². The normalized spacial score (nSPS) is 18.2. The van der Waals surface area contributed by atoms with Gasteiger partial charge < -0.3 is 29.6 Å². The molecule has 0 aromatic heterocycles. The maximum Gasteiger partial charge on any atom is 0.254 e. The van der Waals surface area contributed by atoms with Crippen molar-refractivity contribution in [1.82, 2.24) is 5.32 Å². The Balaban J connectivity index is 1.58. The summed E-state index contributed by atoms with van der Waals surface area (Å²) in [5.41, 5.74) is 6.12. The van der Waals surface area contributed by atoms with Crippen LogP contribution in [0.3, 0.4) is 0 Å². The fourth-order valence-corrected chi connectivity index (χ4v) is 5.88. The molecule has 0 spiro atoms. The fraction of sp³-hybridized carbons (Fsp3) is 0.294. The third-order valence-electron chi connectivity index (χ3n) is 8.00. The highest BCUT2D eigenvalue weighted by molar-refractivity contribution is 6.10. The SMILES string of the molecule is COc1ccc([C@@H]2CC(=O)C3=C(C2)NC(C)=C(C(=O)Nc2ccc(C)cc2)[C@H]3c2ccc(OC)c(OC)c2)cc1OC. The number of nitrogens with one attached hydrogen (secondary N) is 2. The number of amides is 1. The lowest BCUT2D eigenvalue weighted by Crippen LogP contribution is -2.37. The summed E-state index contributed by atoms with van der Waals surface area (Å²) < 4.78 is 22.0. The summed E-state index contributed by atoms with van der Waals surface area (Å²) in [4.78, 5) is 28.0. The van der Waals surface area contributed by atoms with Gasteiger partial charge in [-0.1, -0.05) is 29.8 Å². The number of allylic oxidation sites excluding steroid dienone is 3. The predicted molar refractivity (Wildman–Crippen MR) is 161 cm³/mol. The number of ketones is 1. The minimum Gasteiger partial charge on any atom is -0.493 e. The molecule has 0 radical (unpaired) electrons. The molecule has 8 heteroatoms. The topological polar surface area (TPSA) is 95.1 Å². The summed E-state index contributed by atoms with van der Waals surface area (Å²) in [5.74, 6) is 1.40. The number of carbonyl (C=O) groups is 2. The third-order valence-corrected chi connectivity index (χ3v) is 8.00. The Hall–Kier alpha value is -4.72. The van der Waals surface area contributed by atoms with Gasteiger partial charge in [-0.15, -0.1) is 0 Å². The van der Waals surface area contributed by atoms with Crippen molar-refractivity contribution in [3.05, 3.63) is 99.9 Å². The standard InChI is InChI=1S/C34H36N2O6/c1-19-7-11-24(12-8-19)36-34(38)31-20(2)35-25-15-23(21-9-13-27(39-3)29(17-21)41-5)16-26(37)33(25)32(31)22-10-14-28(40-4)30(18-22)42-6/h7-14,17-18,23,32,35H,15-16H2,1-6H3,(H,36,38)/t23-,32+/m0/s1. The Kier molecular flexibility index (Phi) is 8.24. The molecule has 0 unspecified atom stereocenters. The number of rotatable bonds is 8. The number of carbonyl (C=O) groups excluding carboxylic acids is 2. The summed E-state index contributed by atoms with van der Waals surface area (Å²) in [6, 6.07) is 18.9. The molecule has 0 fully saturated rings. The van der Waals surface area contributed by atoms with E-state index < -0.39 is 5.92 Å². The molecule has 218 valence electrons. The average molecular weight is 569 g/mol.